The summed E-state index contributed by atoms with van der Waals surface area (Å²) in [5.41, 5.74) is 0.718. The second-order valence-electron chi connectivity index (χ2n) is 8.66. The van der Waals surface area contributed by atoms with Gasteiger partial charge in [-0.2, -0.15) is 0 Å². The fourth-order valence-corrected chi connectivity index (χ4v) is 3.36. The number of carbonyl (C=O) groups excluding carboxylic acids is 3. The molecule has 2 N–H and O–H groups in total. The number of nitrogens with zero attached hydrogens (tertiary/aromatic N) is 1. The van der Waals surface area contributed by atoms with E-state index in [0.29, 0.717) is 17.4 Å². The largest absolute Gasteiger partial charge is 0.352 e. The predicted octanol–water partition coefficient (Wildman–Crippen LogP) is 3.52. The van der Waals surface area contributed by atoms with E-state index in [2.05, 4.69) is 38.3 Å². The monoisotopic (exact) mass is 387 g/mol. The molecule has 2 unspecified atom stereocenters. The number of amides is 4. The molecule has 1 fully saturated rings. The highest BCUT2D eigenvalue weighted by molar-refractivity contribution is 6.09. The number of carbonyl (C=O) groups is 3. The molecule has 0 saturated carbocycles. The van der Waals surface area contributed by atoms with Crippen LogP contribution in [0.5, 0.6) is 0 Å². The van der Waals surface area contributed by atoms with Crippen LogP contribution in [0.15, 0.2) is 24.3 Å². The topological polar surface area (TPSA) is 78.5 Å². The van der Waals surface area contributed by atoms with Crippen molar-refractivity contribution in [2.45, 2.75) is 71.9 Å². The fraction of sp³-hybridized carbons (Fsp3) is 0.591. The van der Waals surface area contributed by atoms with Crippen molar-refractivity contribution in [3.05, 3.63) is 35.4 Å². The molecule has 1 aliphatic rings. The zero-order valence-electron chi connectivity index (χ0n) is 17.8. The quantitative estimate of drug-likeness (QED) is 0.670. The molecule has 2 atom stereocenters. The first kappa shape index (κ1) is 21.9. The Morgan fingerprint density at radius 3 is 2.21 bits per heavy atom. The highest BCUT2D eigenvalue weighted by Crippen LogP contribution is 2.29. The summed E-state index contributed by atoms with van der Waals surface area (Å²) < 4.78 is 0. The Bertz CT molecular complexity index is 727. The third kappa shape index (κ3) is 4.91. The minimum Gasteiger partial charge on any atom is -0.352 e. The number of nitrogens with one attached hydrogen (secondary N) is 2. The molecule has 6 nitrogen and oxygen atoms in total. The van der Waals surface area contributed by atoms with E-state index in [4.69, 9.17) is 0 Å². The number of urea groups is 1. The van der Waals surface area contributed by atoms with E-state index in [0.717, 1.165) is 23.3 Å². The van der Waals surface area contributed by atoms with Gasteiger partial charge >= 0.3 is 6.03 Å². The summed E-state index contributed by atoms with van der Waals surface area (Å²) in [6, 6.07) is 7.14. The van der Waals surface area contributed by atoms with Crippen molar-refractivity contribution in [2.75, 3.05) is 6.54 Å². The van der Waals surface area contributed by atoms with E-state index < -0.39 is 17.5 Å². The first-order valence-electron chi connectivity index (χ1n) is 10.1. The molecule has 0 aromatic heterocycles. The van der Waals surface area contributed by atoms with Crippen LogP contribution in [0.2, 0.25) is 0 Å². The lowest BCUT2D eigenvalue weighted by molar-refractivity contribution is -0.135. The molecule has 6 heteroatoms. The zero-order chi connectivity index (χ0) is 21.1. The van der Waals surface area contributed by atoms with Gasteiger partial charge in [-0.05, 0) is 49.7 Å². The van der Waals surface area contributed by atoms with Crippen LogP contribution in [0.4, 0.5) is 4.79 Å². The average Bonchev–Trinajstić information content (AvgIpc) is 2.84. The molecule has 0 radical (unpaired) electrons. The molecule has 0 spiro atoms. The van der Waals surface area contributed by atoms with E-state index in [9.17, 15) is 14.4 Å². The molecule has 1 saturated heterocycles. The van der Waals surface area contributed by atoms with Gasteiger partial charge in [0.15, 0.2) is 0 Å². The number of benzene rings is 1. The van der Waals surface area contributed by atoms with Gasteiger partial charge in [-0.25, -0.2) is 4.79 Å². The summed E-state index contributed by atoms with van der Waals surface area (Å²) in [5.74, 6) is 0.223. The van der Waals surface area contributed by atoms with Crippen molar-refractivity contribution < 1.29 is 14.4 Å². The van der Waals surface area contributed by atoms with Gasteiger partial charge in [0, 0.05) is 6.04 Å². The van der Waals surface area contributed by atoms with E-state index in [1.807, 2.05) is 31.2 Å². The van der Waals surface area contributed by atoms with Gasteiger partial charge in [0.1, 0.15) is 12.1 Å². The number of rotatable bonds is 8. The molecule has 1 heterocycles. The maximum Gasteiger partial charge on any atom is 0.325 e. The van der Waals surface area contributed by atoms with Gasteiger partial charge in [-0.1, -0.05) is 52.0 Å². The van der Waals surface area contributed by atoms with Gasteiger partial charge in [0.25, 0.3) is 5.91 Å². The standard InChI is InChI=1S/C22H33N3O3/c1-14(2)7-8-16(5)23-19(26)13-25-20(27)22(6,24-21(25)28)18-11-9-17(10-12-18)15(3)4/h9-12,14-16H,7-8,13H2,1-6H3,(H,23,26)(H,24,28). The Kier molecular flexibility index (Phi) is 6.86. The Hall–Kier alpha value is -2.37. The highest BCUT2D eigenvalue weighted by Gasteiger charge is 2.49. The second-order valence-corrected chi connectivity index (χ2v) is 8.66. The normalized spacial score (nSPS) is 20.6. The van der Waals surface area contributed by atoms with Crippen LogP contribution < -0.4 is 10.6 Å². The fourth-order valence-electron chi connectivity index (χ4n) is 3.36. The van der Waals surface area contributed by atoms with E-state index >= 15 is 0 Å². The summed E-state index contributed by atoms with van der Waals surface area (Å²) in [6.45, 7) is 11.8. The number of imide groups is 1. The lowest BCUT2D eigenvalue weighted by Gasteiger charge is -2.23. The predicted molar refractivity (Wildman–Crippen MR) is 110 cm³/mol. The lowest BCUT2D eigenvalue weighted by atomic mass is 9.90. The molecule has 154 valence electrons. The summed E-state index contributed by atoms with van der Waals surface area (Å²) in [6.07, 6.45) is 1.87. The zero-order valence-corrected chi connectivity index (χ0v) is 17.8. The van der Waals surface area contributed by atoms with Crippen molar-refractivity contribution in [1.29, 1.82) is 0 Å². The Morgan fingerprint density at radius 1 is 1.07 bits per heavy atom. The van der Waals surface area contributed by atoms with Crippen LogP contribution >= 0.6 is 0 Å². The summed E-state index contributed by atoms with van der Waals surface area (Å²) in [7, 11) is 0. The second kappa shape index (κ2) is 8.76. The van der Waals surface area contributed by atoms with Crippen molar-refractivity contribution in [2.24, 2.45) is 5.92 Å². The Balaban J connectivity index is 2.05. The van der Waals surface area contributed by atoms with Gasteiger partial charge in [0.05, 0.1) is 0 Å². The lowest BCUT2D eigenvalue weighted by Crippen LogP contribution is -2.45. The van der Waals surface area contributed by atoms with E-state index in [1.54, 1.807) is 6.92 Å². The van der Waals surface area contributed by atoms with Gasteiger partial charge in [-0.3, -0.25) is 14.5 Å². The van der Waals surface area contributed by atoms with Gasteiger partial charge < -0.3 is 10.6 Å². The van der Waals surface area contributed by atoms with Crippen molar-refractivity contribution in [3.8, 4) is 0 Å². The number of hydrogen-bond donors (Lipinski definition) is 2. The van der Waals surface area contributed by atoms with Crippen LogP contribution in [0.1, 0.15) is 71.4 Å². The molecule has 1 aromatic rings. The first-order valence-corrected chi connectivity index (χ1v) is 10.1. The third-order valence-electron chi connectivity index (χ3n) is 5.32. The van der Waals surface area contributed by atoms with Gasteiger partial charge in [-0.15, -0.1) is 0 Å². The third-order valence-corrected chi connectivity index (χ3v) is 5.32. The molecule has 0 bridgehead atoms. The first-order chi connectivity index (χ1) is 13.0. The molecular weight excluding hydrogens is 354 g/mol. The molecule has 1 aromatic carbocycles. The Labute approximate surface area is 168 Å². The van der Waals surface area contributed by atoms with Crippen molar-refractivity contribution in [3.63, 3.8) is 0 Å². The van der Waals surface area contributed by atoms with Gasteiger partial charge in [0.2, 0.25) is 5.91 Å². The Morgan fingerprint density at radius 2 is 1.68 bits per heavy atom. The summed E-state index contributed by atoms with van der Waals surface area (Å²) in [4.78, 5) is 38.7. The smallest absolute Gasteiger partial charge is 0.325 e. The molecular formula is C22H33N3O3. The summed E-state index contributed by atoms with van der Waals surface area (Å²) >= 11 is 0. The van der Waals surface area contributed by atoms with Crippen LogP contribution in [0.25, 0.3) is 0 Å². The van der Waals surface area contributed by atoms with Crippen molar-refractivity contribution in [1.82, 2.24) is 15.5 Å². The molecule has 4 amide bonds. The summed E-state index contributed by atoms with van der Waals surface area (Å²) in [5, 5.41) is 5.63. The van der Waals surface area contributed by atoms with E-state index in [-0.39, 0.29) is 18.5 Å². The molecule has 0 aliphatic carbocycles. The highest BCUT2D eigenvalue weighted by atomic mass is 16.2. The van der Waals surface area contributed by atoms with Crippen LogP contribution in [-0.4, -0.2) is 35.3 Å². The molecule has 28 heavy (non-hydrogen) atoms. The average molecular weight is 388 g/mol. The maximum absolute atomic E-state index is 13.0. The SMILES string of the molecule is CC(C)CCC(C)NC(=O)CN1C(=O)NC(C)(c2ccc(C(C)C)cc2)C1=O. The van der Waals surface area contributed by atoms with Crippen LogP contribution in [0, 0.1) is 5.92 Å². The minimum absolute atomic E-state index is 0.00521. The van der Waals surface area contributed by atoms with Crippen molar-refractivity contribution >= 4 is 17.8 Å². The maximum atomic E-state index is 13.0. The van der Waals surface area contributed by atoms with Crippen LogP contribution in [0.3, 0.4) is 0 Å². The van der Waals surface area contributed by atoms with Crippen LogP contribution in [-0.2, 0) is 15.1 Å². The number of hydrogen-bond acceptors (Lipinski definition) is 3. The molecule has 1 aliphatic heterocycles. The molecule has 2 rings (SSSR count). The minimum atomic E-state index is -1.16. The van der Waals surface area contributed by atoms with E-state index in [1.165, 1.54) is 0 Å².